The normalized spacial score (nSPS) is 9.58. The van der Waals surface area contributed by atoms with E-state index in [9.17, 15) is 10.1 Å². The fraction of sp³-hybridized carbons (Fsp3) is 0. The summed E-state index contributed by atoms with van der Waals surface area (Å²) in [4.78, 5) is 11.8. The molecule has 0 rings (SSSR count). The summed E-state index contributed by atoms with van der Waals surface area (Å²) in [5.41, 5.74) is 7.70. The van der Waals surface area contributed by atoms with Crippen molar-refractivity contribution in [2.75, 3.05) is 0 Å². The molecule has 0 saturated carbocycles. The minimum atomic E-state index is -1.84. The third-order valence-corrected chi connectivity index (χ3v) is 1.11. The molecule has 1 atom stereocenters. The summed E-state index contributed by atoms with van der Waals surface area (Å²) in [5, 5.41) is 25.3. The number of rotatable bonds is 3. The van der Waals surface area contributed by atoms with Gasteiger partial charge in [-0.3, -0.25) is 0 Å². The fourth-order valence-corrected chi connectivity index (χ4v) is 0.530. The van der Waals surface area contributed by atoms with Crippen LogP contribution in [0.25, 0.3) is 10.4 Å². The average Bonchev–Trinajstić information content (AvgIpc) is 2.02. The van der Waals surface area contributed by atoms with Crippen LogP contribution in [0.4, 0.5) is 0 Å². The molecule has 1 unspecified atom stereocenters. The first kappa shape index (κ1) is 9.93. The van der Waals surface area contributed by atoms with E-state index in [0.717, 1.165) is 0 Å². The van der Waals surface area contributed by atoms with Crippen LogP contribution in [0, 0.1) is 20.8 Å². The number of isothiocyanates is 1. The van der Waals surface area contributed by atoms with Crippen LogP contribution in [0.2, 0.25) is 0 Å². The van der Waals surface area contributed by atoms with Crippen molar-refractivity contribution in [1.82, 2.24) is 0 Å². The van der Waals surface area contributed by atoms with Crippen molar-refractivity contribution in [2.45, 2.75) is 0 Å². The molecule has 0 saturated heterocycles. The topological polar surface area (TPSA) is 137 Å². The molecule has 0 aliphatic carbocycles. The van der Waals surface area contributed by atoms with Gasteiger partial charge in [0.1, 0.15) is 0 Å². The molecule has 0 aliphatic rings. The van der Waals surface area contributed by atoms with Crippen LogP contribution < -0.4 is 0 Å². The number of thiocyanates is 1. The van der Waals surface area contributed by atoms with Gasteiger partial charge < -0.3 is 0 Å². The summed E-state index contributed by atoms with van der Waals surface area (Å²) >= 11 is 0. The first-order valence-electron chi connectivity index (χ1n) is 2.17. The van der Waals surface area contributed by atoms with Crippen molar-refractivity contribution in [3.63, 3.8) is 0 Å². The first-order chi connectivity index (χ1) is 5.70. The van der Waals surface area contributed by atoms with Crippen molar-refractivity contribution in [3.05, 3.63) is 20.6 Å². The van der Waals surface area contributed by atoms with Gasteiger partial charge in [-0.15, -0.1) is 15.6 Å². The molecular weight excluding hydrogens is 188 g/mol. The Bertz CT molecular complexity index is 329. The Kier molecular flexibility index (Phi) is 4.71. The Balaban J connectivity index is 4.56. The van der Waals surface area contributed by atoms with Gasteiger partial charge in [-0.05, 0) is 0 Å². The maximum atomic E-state index is 9.66. The lowest BCUT2D eigenvalue weighted by molar-refractivity contribution is -0.707. The van der Waals surface area contributed by atoms with Crippen LogP contribution in [-0.2, 0) is 4.28 Å². The molecule has 0 N–H and O–H groups in total. The number of hydrogen-bond acceptors (Lipinski definition) is 5. The highest BCUT2D eigenvalue weighted by Crippen LogP contribution is 2.08. The second-order valence-corrected chi connectivity index (χ2v) is 2.08. The molecular formula is C2N6O3S. The summed E-state index contributed by atoms with van der Waals surface area (Å²) in [7, 11) is -1.84. The van der Waals surface area contributed by atoms with E-state index in [0.29, 0.717) is 0 Å². The number of hydrogen-bond donors (Lipinski definition) is 0. The molecule has 0 aromatic heterocycles. The van der Waals surface area contributed by atoms with Gasteiger partial charge in [-0.2, -0.15) is 10.2 Å². The number of azide groups is 1. The van der Waals surface area contributed by atoms with E-state index in [1.807, 2.05) is 5.16 Å². The molecule has 62 valence electrons. The van der Waals surface area contributed by atoms with Crippen LogP contribution in [-0.4, -0.2) is 10.2 Å². The third kappa shape index (κ3) is 4.78. The van der Waals surface area contributed by atoms with Crippen LogP contribution in [0.1, 0.15) is 0 Å². The van der Waals surface area contributed by atoms with Crippen molar-refractivity contribution in [2.24, 2.45) is 10.3 Å². The standard InChI is InChI=1S/C2N6O3S/c3-1-12(11-8(9)10)2-5-7-6-4. The highest BCUT2D eigenvalue weighted by atomic mass is 32.2. The predicted molar refractivity (Wildman–Crippen MR) is 37.9 cm³/mol. The Hall–Kier alpha value is -2.07. The van der Waals surface area contributed by atoms with Gasteiger partial charge in [0, 0.05) is 10.3 Å². The van der Waals surface area contributed by atoms with E-state index in [2.05, 4.69) is 19.5 Å². The number of nitriles is 1. The van der Waals surface area contributed by atoms with Crippen LogP contribution in [0.5, 0.6) is 0 Å². The third-order valence-electron chi connectivity index (χ3n) is 0.427. The van der Waals surface area contributed by atoms with Gasteiger partial charge in [-0.1, -0.05) is 0 Å². The first-order valence-corrected chi connectivity index (χ1v) is 3.32. The number of nitrogens with zero attached hydrogens (tertiary/aromatic N) is 6. The molecule has 0 radical (unpaired) electrons. The zero-order valence-corrected chi connectivity index (χ0v) is 6.13. The zero-order valence-electron chi connectivity index (χ0n) is 5.32. The summed E-state index contributed by atoms with van der Waals surface area (Å²) in [6.45, 7) is 0. The lowest BCUT2D eigenvalue weighted by atomic mass is 11.7. The Morgan fingerprint density at radius 2 is 2.50 bits per heavy atom. The van der Waals surface area contributed by atoms with Gasteiger partial charge in [0.05, 0.1) is 0 Å². The van der Waals surface area contributed by atoms with Crippen molar-refractivity contribution >= 4 is 15.9 Å². The Morgan fingerprint density at radius 3 is 2.92 bits per heavy atom. The SMILES string of the molecule is N#CS(=C=NN=[N+]=[N-])O[N+](=O)[O-]. The van der Waals surface area contributed by atoms with Gasteiger partial charge in [0.25, 0.3) is 0 Å². The fourth-order valence-electron chi connectivity index (χ4n) is 0.190. The lowest BCUT2D eigenvalue weighted by Crippen LogP contribution is -1.92. The molecule has 10 heteroatoms. The molecule has 0 fully saturated rings. The van der Waals surface area contributed by atoms with E-state index >= 15 is 0 Å². The van der Waals surface area contributed by atoms with Gasteiger partial charge in [-0.25, -0.2) is 4.28 Å². The quantitative estimate of drug-likeness (QED) is 0.0951. The van der Waals surface area contributed by atoms with E-state index in [4.69, 9.17) is 10.8 Å². The second-order valence-electron chi connectivity index (χ2n) is 1.03. The van der Waals surface area contributed by atoms with E-state index in [1.54, 1.807) is 0 Å². The molecule has 0 aliphatic heterocycles. The van der Waals surface area contributed by atoms with E-state index in [-0.39, 0.29) is 0 Å². The summed E-state index contributed by atoms with van der Waals surface area (Å²) in [6.07, 6.45) is 0. The van der Waals surface area contributed by atoms with Crippen molar-refractivity contribution in [1.29, 1.82) is 5.26 Å². The molecule has 12 heavy (non-hydrogen) atoms. The van der Waals surface area contributed by atoms with Gasteiger partial charge >= 0.3 is 5.09 Å². The minimum absolute atomic E-state index is 1.16. The summed E-state index contributed by atoms with van der Waals surface area (Å²) in [6, 6.07) is 0. The molecule has 0 heterocycles. The maximum absolute atomic E-state index is 9.66. The molecule has 0 amide bonds. The Labute approximate surface area is 67.7 Å². The lowest BCUT2D eigenvalue weighted by Gasteiger charge is -1.85. The van der Waals surface area contributed by atoms with Crippen molar-refractivity contribution < 1.29 is 9.37 Å². The molecule has 0 aromatic carbocycles. The van der Waals surface area contributed by atoms with E-state index < -0.39 is 15.9 Å². The largest absolute Gasteiger partial charge is 0.307 e. The van der Waals surface area contributed by atoms with Crippen LogP contribution in [0.3, 0.4) is 0 Å². The maximum Gasteiger partial charge on any atom is 0.307 e. The molecule has 0 aromatic rings. The van der Waals surface area contributed by atoms with E-state index in [1.165, 1.54) is 5.40 Å². The second kappa shape index (κ2) is 5.70. The van der Waals surface area contributed by atoms with Gasteiger partial charge in [0.2, 0.25) is 0 Å². The summed E-state index contributed by atoms with van der Waals surface area (Å²) in [5.74, 6) is 0. The summed E-state index contributed by atoms with van der Waals surface area (Å²) < 4.78 is 3.75. The molecule has 0 bridgehead atoms. The highest BCUT2D eigenvalue weighted by molar-refractivity contribution is 8.14. The monoisotopic (exact) mass is 188 g/mol. The molecule has 0 spiro atoms. The zero-order chi connectivity index (χ0) is 9.40. The Morgan fingerprint density at radius 1 is 1.83 bits per heavy atom. The highest BCUT2D eigenvalue weighted by Gasteiger charge is 1.99. The van der Waals surface area contributed by atoms with Gasteiger partial charge in [0.15, 0.2) is 21.3 Å². The average molecular weight is 188 g/mol. The predicted octanol–water partition coefficient (Wildman–Crippen LogP) is 0.990. The molecule has 9 nitrogen and oxygen atoms in total. The smallest absolute Gasteiger partial charge is 0.223 e. The minimum Gasteiger partial charge on any atom is -0.223 e. The van der Waals surface area contributed by atoms with Crippen LogP contribution >= 0.6 is 10.8 Å². The van der Waals surface area contributed by atoms with Crippen molar-refractivity contribution in [3.8, 4) is 5.40 Å². The van der Waals surface area contributed by atoms with Crippen LogP contribution in [0.15, 0.2) is 10.3 Å².